The van der Waals surface area contributed by atoms with E-state index in [9.17, 15) is 8.42 Å². The number of hydrogen-bond donors (Lipinski definition) is 1. The molecule has 1 heterocycles. The van der Waals surface area contributed by atoms with Crippen LogP contribution < -0.4 is 5.32 Å². The van der Waals surface area contributed by atoms with E-state index >= 15 is 0 Å². The van der Waals surface area contributed by atoms with Gasteiger partial charge in [-0.15, -0.1) is 0 Å². The first kappa shape index (κ1) is 12.9. The first-order valence-corrected chi connectivity index (χ1v) is 6.87. The van der Waals surface area contributed by atoms with Crippen LogP contribution in [0.25, 0.3) is 0 Å². The summed E-state index contributed by atoms with van der Waals surface area (Å²) < 4.78 is 30.3. The number of sulfonamides is 1. The lowest BCUT2D eigenvalue weighted by atomic mass is 10.3. The standard InChI is InChI=1S/C9H20N2O3S/c1-10-5-3-7-15(12,13)11(2)9-4-6-14-8-9/h9-10H,3-8H2,1-2H3. The lowest BCUT2D eigenvalue weighted by Crippen LogP contribution is -2.39. The fourth-order valence-corrected chi connectivity index (χ4v) is 3.03. The Hall–Kier alpha value is -0.170. The van der Waals surface area contributed by atoms with Crippen molar-refractivity contribution >= 4 is 10.0 Å². The molecule has 1 aliphatic heterocycles. The Morgan fingerprint density at radius 2 is 2.27 bits per heavy atom. The Morgan fingerprint density at radius 3 is 2.80 bits per heavy atom. The molecule has 0 aromatic rings. The summed E-state index contributed by atoms with van der Waals surface area (Å²) in [6.07, 6.45) is 1.46. The van der Waals surface area contributed by atoms with E-state index in [-0.39, 0.29) is 11.8 Å². The molecule has 6 heteroatoms. The largest absolute Gasteiger partial charge is 0.380 e. The van der Waals surface area contributed by atoms with Crippen molar-refractivity contribution in [2.24, 2.45) is 0 Å². The van der Waals surface area contributed by atoms with E-state index in [1.165, 1.54) is 4.31 Å². The van der Waals surface area contributed by atoms with Gasteiger partial charge >= 0.3 is 0 Å². The highest BCUT2D eigenvalue weighted by Gasteiger charge is 2.28. The first-order valence-electron chi connectivity index (χ1n) is 5.26. The summed E-state index contributed by atoms with van der Waals surface area (Å²) >= 11 is 0. The van der Waals surface area contributed by atoms with Gasteiger partial charge in [0.15, 0.2) is 0 Å². The van der Waals surface area contributed by atoms with Crippen LogP contribution in [0.3, 0.4) is 0 Å². The zero-order valence-electron chi connectivity index (χ0n) is 9.40. The molecule has 0 spiro atoms. The SMILES string of the molecule is CNCCCS(=O)(=O)N(C)C1CCOC1. The van der Waals surface area contributed by atoms with Crippen LogP contribution in [0.5, 0.6) is 0 Å². The molecule has 0 aromatic carbocycles. The number of likely N-dealkylation sites (N-methyl/N-ethyl adjacent to an activating group) is 1. The van der Waals surface area contributed by atoms with Crippen molar-refractivity contribution in [3.8, 4) is 0 Å². The Balaban J connectivity index is 2.44. The van der Waals surface area contributed by atoms with E-state index in [1.807, 2.05) is 7.05 Å². The van der Waals surface area contributed by atoms with Crippen LogP contribution in [0, 0.1) is 0 Å². The second kappa shape index (κ2) is 5.79. The van der Waals surface area contributed by atoms with Gasteiger partial charge < -0.3 is 10.1 Å². The van der Waals surface area contributed by atoms with E-state index in [0.717, 1.165) is 13.0 Å². The van der Waals surface area contributed by atoms with Gasteiger partial charge in [0, 0.05) is 13.7 Å². The molecule has 0 amide bonds. The zero-order chi connectivity index (χ0) is 11.3. The topological polar surface area (TPSA) is 58.6 Å². The Labute approximate surface area is 91.8 Å². The van der Waals surface area contributed by atoms with Crippen molar-refractivity contribution in [1.82, 2.24) is 9.62 Å². The molecule has 0 bridgehead atoms. The second-order valence-corrected chi connectivity index (χ2v) is 5.95. The summed E-state index contributed by atoms with van der Waals surface area (Å²) in [6, 6.07) is 0.0320. The summed E-state index contributed by atoms with van der Waals surface area (Å²) in [5.74, 6) is 0.209. The average molecular weight is 236 g/mol. The van der Waals surface area contributed by atoms with Crippen LogP contribution in [-0.4, -0.2) is 58.4 Å². The van der Waals surface area contributed by atoms with Crippen molar-refractivity contribution < 1.29 is 13.2 Å². The Bertz CT molecular complexity index is 273. The van der Waals surface area contributed by atoms with Gasteiger partial charge in [-0.05, 0) is 26.4 Å². The number of nitrogens with one attached hydrogen (secondary N) is 1. The zero-order valence-corrected chi connectivity index (χ0v) is 10.2. The molecule has 0 aromatic heterocycles. The monoisotopic (exact) mass is 236 g/mol. The average Bonchev–Trinajstić information content (AvgIpc) is 2.69. The highest BCUT2D eigenvalue weighted by Crippen LogP contribution is 2.14. The molecule has 0 aliphatic carbocycles. The smallest absolute Gasteiger partial charge is 0.214 e. The molecule has 15 heavy (non-hydrogen) atoms. The first-order chi connectivity index (χ1) is 7.08. The minimum atomic E-state index is -3.10. The molecule has 1 fully saturated rings. The molecule has 1 unspecified atom stereocenters. The van der Waals surface area contributed by atoms with Crippen molar-refractivity contribution in [3.05, 3.63) is 0 Å². The fraction of sp³-hybridized carbons (Fsp3) is 1.00. The predicted molar refractivity (Wildman–Crippen MR) is 59.3 cm³/mol. The van der Waals surface area contributed by atoms with Gasteiger partial charge in [-0.25, -0.2) is 8.42 Å². The molecule has 1 aliphatic rings. The highest BCUT2D eigenvalue weighted by molar-refractivity contribution is 7.89. The summed E-state index contributed by atoms with van der Waals surface area (Å²) in [7, 11) is 0.365. The molecule has 0 radical (unpaired) electrons. The maximum Gasteiger partial charge on any atom is 0.214 e. The number of rotatable bonds is 6. The maximum absolute atomic E-state index is 11.8. The van der Waals surface area contributed by atoms with Crippen LogP contribution in [0.2, 0.25) is 0 Å². The third-order valence-corrected chi connectivity index (χ3v) is 4.67. The van der Waals surface area contributed by atoms with Gasteiger partial charge in [-0.2, -0.15) is 4.31 Å². The van der Waals surface area contributed by atoms with Crippen LogP contribution in [-0.2, 0) is 14.8 Å². The van der Waals surface area contributed by atoms with Crippen molar-refractivity contribution in [1.29, 1.82) is 0 Å². The quantitative estimate of drug-likeness (QED) is 0.640. The van der Waals surface area contributed by atoms with Gasteiger partial charge in [0.25, 0.3) is 0 Å². The lowest BCUT2D eigenvalue weighted by Gasteiger charge is -2.22. The minimum absolute atomic E-state index is 0.0320. The van der Waals surface area contributed by atoms with Crippen LogP contribution >= 0.6 is 0 Å². The maximum atomic E-state index is 11.8. The van der Waals surface area contributed by atoms with Crippen molar-refractivity contribution in [2.75, 3.05) is 39.6 Å². The molecular weight excluding hydrogens is 216 g/mol. The van der Waals surface area contributed by atoms with Crippen molar-refractivity contribution in [2.45, 2.75) is 18.9 Å². The molecule has 1 atom stereocenters. The summed E-state index contributed by atoms with van der Waals surface area (Å²) in [5, 5.41) is 2.94. The van der Waals surface area contributed by atoms with Gasteiger partial charge in [-0.3, -0.25) is 0 Å². The third kappa shape index (κ3) is 3.71. The van der Waals surface area contributed by atoms with Crippen molar-refractivity contribution in [3.63, 3.8) is 0 Å². The number of hydrogen-bond acceptors (Lipinski definition) is 4. The predicted octanol–water partition coefficient (Wildman–Crippen LogP) is -0.354. The molecule has 1 rings (SSSR count). The van der Waals surface area contributed by atoms with Gasteiger partial charge in [0.2, 0.25) is 10.0 Å². The fourth-order valence-electron chi connectivity index (χ4n) is 1.61. The van der Waals surface area contributed by atoms with Gasteiger partial charge in [-0.1, -0.05) is 0 Å². The van der Waals surface area contributed by atoms with E-state index < -0.39 is 10.0 Å². The van der Waals surface area contributed by atoms with Crippen LogP contribution in [0.15, 0.2) is 0 Å². The van der Waals surface area contributed by atoms with Crippen LogP contribution in [0.4, 0.5) is 0 Å². The normalized spacial score (nSPS) is 22.5. The summed E-state index contributed by atoms with van der Waals surface area (Å²) in [5.41, 5.74) is 0. The van der Waals surface area contributed by atoms with E-state index in [0.29, 0.717) is 19.6 Å². The van der Waals surface area contributed by atoms with E-state index in [2.05, 4.69) is 5.32 Å². The molecular formula is C9H20N2O3S. The van der Waals surface area contributed by atoms with E-state index in [1.54, 1.807) is 7.05 Å². The minimum Gasteiger partial charge on any atom is -0.380 e. The van der Waals surface area contributed by atoms with Crippen LogP contribution in [0.1, 0.15) is 12.8 Å². The lowest BCUT2D eigenvalue weighted by molar-refractivity contribution is 0.181. The van der Waals surface area contributed by atoms with Gasteiger partial charge in [0.05, 0.1) is 18.4 Å². The molecule has 1 N–H and O–H groups in total. The van der Waals surface area contributed by atoms with Gasteiger partial charge in [0.1, 0.15) is 0 Å². The summed E-state index contributed by atoms with van der Waals surface area (Å²) in [4.78, 5) is 0. The Kier molecular flexibility index (Phi) is 4.98. The highest BCUT2D eigenvalue weighted by atomic mass is 32.2. The number of nitrogens with zero attached hydrogens (tertiary/aromatic N) is 1. The van der Waals surface area contributed by atoms with E-state index in [4.69, 9.17) is 4.74 Å². The molecule has 5 nitrogen and oxygen atoms in total. The second-order valence-electron chi connectivity index (χ2n) is 3.81. The molecule has 1 saturated heterocycles. The third-order valence-electron chi connectivity index (χ3n) is 2.69. The number of ether oxygens (including phenoxy) is 1. The Morgan fingerprint density at radius 1 is 1.53 bits per heavy atom. The molecule has 90 valence electrons. The molecule has 0 saturated carbocycles. The summed E-state index contributed by atoms with van der Waals surface area (Å²) in [6.45, 7) is 1.93.